The number of nitrogens with zero attached hydrogens (tertiary/aromatic N) is 1. The van der Waals surface area contributed by atoms with Gasteiger partial charge in [0.05, 0.1) is 6.54 Å². The van der Waals surface area contributed by atoms with Gasteiger partial charge < -0.3 is 10.6 Å². The number of rotatable bonds is 2. The number of imide groups is 1. The van der Waals surface area contributed by atoms with E-state index in [1.54, 1.807) is 0 Å². The van der Waals surface area contributed by atoms with Gasteiger partial charge in [-0.3, -0.25) is 9.69 Å². The Morgan fingerprint density at radius 1 is 1.25 bits per heavy atom. The highest BCUT2D eigenvalue weighted by Gasteiger charge is 2.52. The molecule has 2 fully saturated rings. The van der Waals surface area contributed by atoms with E-state index in [1.807, 2.05) is 32.0 Å². The Balaban J connectivity index is 1.88. The van der Waals surface area contributed by atoms with E-state index in [-0.39, 0.29) is 11.9 Å². The van der Waals surface area contributed by atoms with E-state index in [2.05, 4.69) is 10.6 Å². The first-order valence-corrected chi connectivity index (χ1v) is 6.93. The standard InChI is InChI=1S/C15H19N3O2/c1-10-4-3-5-11(2)12(10)8-18-13(19)15(17-14(18)20)6-7-16-9-15/h3-5,16H,6-9H2,1-2H3,(H,17,20). The van der Waals surface area contributed by atoms with E-state index >= 15 is 0 Å². The lowest BCUT2D eigenvalue weighted by molar-refractivity contribution is -0.131. The Morgan fingerprint density at radius 2 is 1.95 bits per heavy atom. The monoisotopic (exact) mass is 273 g/mol. The molecule has 2 aliphatic heterocycles. The maximum Gasteiger partial charge on any atom is 0.325 e. The van der Waals surface area contributed by atoms with Gasteiger partial charge in [-0.15, -0.1) is 0 Å². The number of benzene rings is 1. The zero-order valence-corrected chi connectivity index (χ0v) is 11.8. The third kappa shape index (κ3) is 1.89. The van der Waals surface area contributed by atoms with E-state index in [1.165, 1.54) is 4.90 Å². The molecule has 3 amide bonds. The van der Waals surface area contributed by atoms with Crippen molar-refractivity contribution in [2.45, 2.75) is 32.4 Å². The first-order valence-electron chi connectivity index (χ1n) is 6.93. The molecule has 0 aliphatic carbocycles. The summed E-state index contributed by atoms with van der Waals surface area (Å²) in [5.41, 5.74) is 2.56. The van der Waals surface area contributed by atoms with Crippen LogP contribution in [-0.2, 0) is 11.3 Å². The van der Waals surface area contributed by atoms with Crippen LogP contribution in [0.1, 0.15) is 23.1 Å². The molecule has 2 saturated heterocycles. The van der Waals surface area contributed by atoms with Crippen molar-refractivity contribution in [1.82, 2.24) is 15.5 Å². The third-order valence-corrected chi connectivity index (χ3v) is 4.36. The molecule has 0 aromatic heterocycles. The van der Waals surface area contributed by atoms with Crippen molar-refractivity contribution in [1.29, 1.82) is 0 Å². The average molecular weight is 273 g/mol. The molecule has 1 aromatic carbocycles. The highest BCUT2D eigenvalue weighted by Crippen LogP contribution is 2.27. The summed E-state index contributed by atoms with van der Waals surface area (Å²) in [6, 6.07) is 5.73. The average Bonchev–Trinajstić information content (AvgIpc) is 2.95. The van der Waals surface area contributed by atoms with E-state index in [9.17, 15) is 9.59 Å². The molecule has 3 rings (SSSR count). The number of carbonyl (C=O) groups is 2. The Bertz CT molecular complexity index is 556. The number of amides is 3. The van der Waals surface area contributed by atoms with Crippen LogP contribution in [0.25, 0.3) is 0 Å². The number of nitrogens with one attached hydrogen (secondary N) is 2. The van der Waals surface area contributed by atoms with E-state index in [4.69, 9.17) is 0 Å². The minimum absolute atomic E-state index is 0.102. The normalized spacial score (nSPS) is 25.6. The maximum atomic E-state index is 12.6. The SMILES string of the molecule is Cc1cccc(C)c1CN1C(=O)NC2(CCNC2)C1=O. The van der Waals surface area contributed by atoms with Crippen LogP contribution in [0.4, 0.5) is 4.79 Å². The molecule has 5 heteroatoms. The molecular formula is C15H19N3O2. The summed E-state index contributed by atoms with van der Waals surface area (Å²) >= 11 is 0. The fraction of sp³-hybridized carbons (Fsp3) is 0.467. The zero-order valence-electron chi connectivity index (χ0n) is 11.8. The van der Waals surface area contributed by atoms with Crippen LogP contribution in [-0.4, -0.2) is 35.5 Å². The van der Waals surface area contributed by atoms with Crippen molar-refractivity contribution in [2.75, 3.05) is 13.1 Å². The van der Waals surface area contributed by atoms with Crippen molar-refractivity contribution in [3.8, 4) is 0 Å². The Kier molecular flexibility index (Phi) is 3.01. The molecule has 1 unspecified atom stereocenters. The Morgan fingerprint density at radius 3 is 2.55 bits per heavy atom. The summed E-state index contributed by atoms with van der Waals surface area (Å²) in [7, 11) is 0. The van der Waals surface area contributed by atoms with Crippen molar-refractivity contribution in [3.05, 3.63) is 34.9 Å². The number of urea groups is 1. The van der Waals surface area contributed by atoms with Gasteiger partial charge in [0.25, 0.3) is 5.91 Å². The first kappa shape index (κ1) is 13.1. The molecule has 106 valence electrons. The molecule has 2 N–H and O–H groups in total. The smallest absolute Gasteiger partial charge is 0.322 e. The third-order valence-electron chi connectivity index (χ3n) is 4.36. The predicted molar refractivity (Wildman–Crippen MR) is 75.2 cm³/mol. The lowest BCUT2D eigenvalue weighted by Gasteiger charge is -2.20. The molecule has 2 aliphatic rings. The summed E-state index contributed by atoms with van der Waals surface area (Å²) in [6.07, 6.45) is 0.667. The molecule has 1 spiro atoms. The van der Waals surface area contributed by atoms with Crippen molar-refractivity contribution >= 4 is 11.9 Å². The molecule has 0 bridgehead atoms. The predicted octanol–water partition coefficient (Wildman–Crippen LogP) is 1.09. The molecule has 2 heterocycles. The minimum atomic E-state index is -0.715. The highest BCUT2D eigenvalue weighted by atomic mass is 16.2. The van der Waals surface area contributed by atoms with Gasteiger partial charge in [0.1, 0.15) is 5.54 Å². The summed E-state index contributed by atoms with van der Waals surface area (Å²) in [6.45, 7) is 5.66. The maximum absolute atomic E-state index is 12.6. The van der Waals surface area contributed by atoms with Crippen LogP contribution in [0.3, 0.4) is 0 Å². The molecule has 1 atom stereocenters. The molecule has 0 radical (unpaired) electrons. The first-order chi connectivity index (χ1) is 9.53. The van der Waals surface area contributed by atoms with Gasteiger partial charge in [-0.1, -0.05) is 18.2 Å². The van der Waals surface area contributed by atoms with Gasteiger partial charge in [-0.25, -0.2) is 4.79 Å². The molecule has 20 heavy (non-hydrogen) atoms. The lowest BCUT2D eigenvalue weighted by atomic mass is 9.98. The Hall–Kier alpha value is -1.88. The van der Waals surface area contributed by atoms with Crippen LogP contribution in [0, 0.1) is 13.8 Å². The minimum Gasteiger partial charge on any atom is -0.322 e. The highest BCUT2D eigenvalue weighted by molar-refractivity contribution is 6.07. The van der Waals surface area contributed by atoms with Gasteiger partial charge in [0, 0.05) is 6.54 Å². The molecule has 5 nitrogen and oxygen atoms in total. The van der Waals surface area contributed by atoms with Gasteiger partial charge in [-0.2, -0.15) is 0 Å². The summed E-state index contributed by atoms with van der Waals surface area (Å²) in [4.78, 5) is 26.1. The van der Waals surface area contributed by atoms with E-state index in [0.717, 1.165) is 23.2 Å². The largest absolute Gasteiger partial charge is 0.325 e. The van der Waals surface area contributed by atoms with Crippen LogP contribution in [0.5, 0.6) is 0 Å². The van der Waals surface area contributed by atoms with E-state index in [0.29, 0.717) is 19.5 Å². The van der Waals surface area contributed by atoms with Crippen LogP contribution >= 0.6 is 0 Å². The molecule has 1 aromatic rings. The van der Waals surface area contributed by atoms with Gasteiger partial charge in [0.15, 0.2) is 0 Å². The fourth-order valence-electron chi connectivity index (χ4n) is 3.06. The number of hydrogen-bond acceptors (Lipinski definition) is 3. The second-order valence-corrected chi connectivity index (χ2v) is 5.70. The van der Waals surface area contributed by atoms with Crippen LogP contribution in [0.15, 0.2) is 18.2 Å². The number of aryl methyl sites for hydroxylation is 2. The molecular weight excluding hydrogens is 254 g/mol. The number of carbonyl (C=O) groups excluding carboxylic acids is 2. The van der Waals surface area contributed by atoms with Crippen molar-refractivity contribution < 1.29 is 9.59 Å². The van der Waals surface area contributed by atoms with E-state index < -0.39 is 5.54 Å². The topological polar surface area (TPSA) is 61.4 Å². The lowest BCUT2D eigenvalue weighted by Crippen LogP contribution is -2.48. The zero-order chi connectivity index (χ0) is 14.3. The van der Waals surface area contributed by atoms with Crippen LogP contribution in [0.2, 0.25) is 0 Å². The van der Waals surface area contributed by atoms with Gasteiger partial charge in [-0.05, 0) is 43.5 Å². The summed E-state index contributed by atoms with van der Waals surface area (Å²) < 4.78 is 0. The second-order valence-electron chi connectivity index (χ2n) is 5.70. The van der Waals surface area contributed by atoms with Crippen LogP contribution < -0.4 is 10.6 Å². The quantitative estimate of drug-likeness (QED) is 0.793. The number of hydrogen-bond donors (Lipinski definition) is 2. The summed E-state index contributed by atoms with van der Waals surface area (Å²) in [5, 5.41) is 6.01. The summed E-state index contributed by atoms with van der Waals surface area (Å²) in [5.74, 6) is -0.102. The van der Waals surface area contributed by atoms with Gasteiger partial charge >= 0.3 is 6.03 Å². The van der Waals surface area contributed by atoms with Crippen molar-refractivity contribution in [3.63, 3.8) is 0 Å². The fourth-order valence-corrected chi connectivity index (χ4v) is 3.06. The molecule has 0 saturated carbocycles. The van der Waals surface area contributed by atoms with Gasteiger partial charge in [0.2, 0.25) is 0 Å². The second kappa shape index (κ2) is 4.59. The van der Waals surface area contributed by atoms with Crippen molar-refractivity contribution in [2.24, 2.45) is 0 Å². The Labute approximate surface area is 118 Å².